The number of aromatic nitrogens is 2. The molecule has 1 heterocycles. The van der Waals surface area contributed by atoms with Gasteiger partial charge in [-0.1, -0.05) is 24.6 Å². The molecule has 0 atom stereocenters. The molecule has 1 aromatic carbocycles. The Kier molecular flexibility index (Phi) is 4.14. The van der Waals surface area contributed by atoms with E-state index in [0.717, 1.165) is 0 Å². The molecular weight excluding hydrogens is 282 g/mol. The van der Waals surface area contributed by atoms with E-state index in [0.29, 0.717) is 34.3 Å². The van der Waals surface area contributed by atoms with E-state index in [2.05, 4.69) is 9.97 Å². The lowest BCUT2D eigenvalue weighted by Gasteiger charge is -2.11. The van der Waals surface area contributed by atoms with Crippen LogP contribution in [0, 0.1) is 17.0 Å². The second-order valence-corrected chi connectivity index (χ2v) is 4.42. The second kappa shape index (κ2) is 5.83. The van der Waals surface area contributed by atoms with Gasteiger partial charge >= 0.3 is 0 Å². The van der Waals surface area contributed by atoms with Gasteiger partial charge in [0.1, 0.15) is 17.2 Å². The number of benzene rings is 1. The van der Waals surface area contributed by atoms with Crippen molar-refractivity contribution in [2.24, 2.45) is 0 Å². The first kappa shape index (κ1) is 14.2. The Morgan fingerprint density at radius 1 is 1.40 bits per heavy atom. The summed E-state index contributed by atoms with van der Waals surface area (Å²) in [4.78, 5) is 18.4. The summed E-state index contributed by atoms with van der Waals surface area (Å²) in [5, 5.41) is 11.2. The molecule has 0 spiro atoms. The Bertz CT molecular complexity index is 661. The number of hydrogen-bond donors (Lipinski definition) is 0. The van der Waals surface area contributed by atoms with Crippen molar-refractivity contribution in [1.29, 1.82) is 0 Å². The topological polar surface area (TPSA) is 78.2 Å². The van der Waals surface area contributed by atoms with E-state index in [1.807, 2.05) is 6.92 Å². The Balaban J connectivity index is 2.43. The Labute approximate surface area is 120 Å². The van der Waals surface area contributed by atoms with Crippen LogP contribution >= 0.6 is 11.6 Å². The van der Waals surface area contributed by atoms with Crippen molar-refractivity contribution in [2.75, 3.05) is 0 Å². The van der Waals surface area contributed by atoms with Gasteiger partial charge in [0.05, 0.1) is 16.1 Å². The molecule has 0 N–H and O–H groups in total. The van der Waals surface area contributed by atoms with Crippen molar-refractivity contribution in [2.45, 2.75) is 20.3 Å². The summed E-state index contributed by atoms with van der Waals surface area (Å²) in [5.74, 6) is 0.694. The van der Waals surface area contributed by atoms with Gasteiger partial charge in [-0.05, 0) is 19.4 Å². The lowest BCUT2D eigenvalue weighted by atomic mass is 10.2. The average Bonchev–Trinajstić information content (AvgIpc) is 2.41. The summed E-state index contributed by atoms with van der Waals surface area (Å²) in [6, 6.07) is 4.64. The molecule has 7 heteroatoms. The van der Waals surface area contributed by atoms with Crippen molar-refractivity contribution in [1.82, 2.24) is 9.97 Å². The number of halogens is 1. The first-order valence-electron chi connectivity index (χ1n) is 5.95. The summed E-state index contributed by atoms with van der Waals surface area (Å²) >= 11 is 5.98. The van der Waals surface area contributed by atoms with Crippen molar-refractivity contribution >= 4 is 17.3 Å². The van der Waals surface area contributed by atoms with E-state index >= 15 is 0 Å². The summed E-state index contributed by atoms with van der Waals surface area (Å²) in [7, 11) is 0. The zero-order valence-electron chi connectivity index (χ0n) is 11.0. The molecule has 0 saturated carbocycles. The predicted octanol–water partition coefficient (Wildman–Crippen LogP) is 3.70. The largest absolute Gasteiger partial charge is 0.438 e. The maximum Gasteiger partial charge on any atom is 0.276 e. The average molecular weight is 294 g/mol. The Morgan fingerprint density at radius 3 is 2.80 bits per heavy atom. The lowest BCUT2D eigenvalue weighted by molar-refractivity contribution is -0.385. The number of rotatable bonds is 4. The molecule has 0 aliphatic carbocycles. The summed E-state index contributed by atoms with van der Waals surface area (Å²) in [6.07, 6.45) is 1.90. The van der Waals surface area contributed by atoms with Gasteiger partial charge in [-0.15, -0.1) is 0 Å². The molecular formula is C13H12ClN3O3. The smallest absolute Gasteiger partial charge is 0.276 e. The van der Waals surface area contributed by atoms with Gasteiger partial charge in [0.2, 0.25) is 5.88 Å². The van der Waals surface area contributed by atoms with Crippen LogP contribution in [0.3, 0.4) is 0 Å². The summed E-state index contributed by atoms with van der Waals surface area (Å²) in [6.45, 7) is 3.53. The van der Waals surface area contributed by atoms with Crippen LogP contribution in [0.2, 0.25) is 5.15 Å². The molecule has 2 aromatic rings. The zero-order chi connectivity index (χ0) is 14.7. The number of ether oxygens (including phenoxy) is 1. The molecule has 0 amide bonds. The number of nitrogens with zero attached hydrogens (tertiary/aromatic N) is 3. The van der Waals surface area contributed by atoms with E-state index in [1.165, 1.54) is 12.4 Å². The van der Waals surface area contributed by atoms with Gasteiger partial charge in [-0.25, -0.2) is 9.97 Å². The fraction of sp³-hybridized carbons (Fsp3) is 0.231. The normalized spacial score (nSPS) is 10.3. The van der Waals surface area contributed by atoms with Crippen molar-refractivity contribution < 1.29 is 9.66 Å². The van der Waals surface area contributed by atoms with Crippen LogP contribution in [0.4, 0.5) is 5.69 Å². The molecule has 104 valence electrons. The van der Waals surface area contributed by atoms with Gasteiger partial charge in [0.15, 0.2) is 0 Å². The van der Waals surface area contributed by atoms with Crippen LogP contribution in [-0.4, -0.2) is 14.9 Å². The summed E-state index contributed by atoms with van der Waals surface area (Å²) in [5.41, 5.74) is 1.11. The minimum absolute atomic E-state index is 0.000650. The molecule has 0 unspecified atom stereocenters. The second-order valence-electron chi connectivity index (χ2n) is 4.06. The molecule has 0 fully saturated rings. The molecule has 0 saturated heterocycles. The van der Waals surface area contributed by atoms with Crippen LogP contribution < -0.4 is 4.74 Å². The van der Waals surface area contributed by atoms with E-state index in [9.17, 15) is 10.1 Å². The molecule has 0 aliphatic heterocycles. The highest BCUT2D eigenvalue weighted by Crippen LogP contribution is 2.32. The maximum absolute atomic E-state index is 10.9. The molecule has 0 radical (unpaired) electrons. The SMILES string of the molecule is CCc1c(Cl)ncnc1Oc1cccc([N+](=O)[O-])c1C. The summed E-state index contributed by atoms with van der Waals surface area (Å²) < 4.78 is 5.66. The van der Waals surface area contributed by atoms with Crippen molar-refractivity contribution in [3.05, 3.63) is 50.9 Å². The van der Waals surface area contributed by atoms with Crippen LogP contribution in [-0.2, 0) is 6.42 Å². The van der Waals surface area contributed by atoms with E-state index in [4.69, 9.17) is 16.3 Å². The molecule has 0 bridgehead atoms. The predicted molar refractivity (Wildman–Crippen MR) is 74.3 cm³/mol. The zero-order valence-corrected chi connectivity index (χ0v) is 11.7. The first-order valence-corrected chi connectivity index (χ1v) is 6.33. The van der Waals surface area contributed by atoms with Crippen LogP contribution in [0.1, 0.15) is 18.1 Å². The maximum atomic E-state index is 10.9. The first-order chi connectivity index (χ1) is 9.54. The number of hydrogen-bond acceptors (Lipinski definition) is 5. The third kappa shape index (κ3) is 2.70. The molecule has 20 heavy (non-hydrogen) atoms. The van der Waals surface area contributed by atoms with Crippen LogP contribution in [0.15, 0.2) is 24.5 Å². The van der Waals surface area contributed by atoms with Crippen LogP contribution in [0.5, 0.6) is 11.6 Å². The minimum Gasteiger partial charge on any atom is -0.438 e. The van der Waals surface area contributed by atoms with Gasteiger partial charge in [-0.2, -0.15) is 0 Å². The fourth-order valence-corrected chi connectivity index (χ4v) is 2.03. The Hall–Kier alpha value is -2.21. The highest BCUT2D eigenvalue weighted by molar-refractivity contribution is 6.30. The lowest BCUT2D eigenvalue weighted by Crippen LogP contribution is -1.99. The molecule has 1 aromatic heterocycles. The van der Waals surface area contributed by atoms with Gasteiger partial charge in [0.25, 0.3) is 5.69 Å². The number of nitro benzene ring substituents is 1. The molecule has 2 rings (SSSR count). The Morgan fingerprint density at radius 2 is 2.15 bits per heavy atom. The van der Waals surface area contributed by atoms with E-state index in [-0.39, 0.29) is 5.69 Å². The van der Waals surface area contributed by atoms with Crippen LogP contribution in [0.25, 0.3) is 0 Å². The number of nitro groups is 1. The third-order valence-corrected chi connectivity index (χ3v) is 3.19. The minimum atomic E-state index is -0.449. The van der Waals surface area contributed by atoms with Gasteiger partial charge < -0.3 is 4.74 Å². The monoisotopic (exact) mass is 293 g/mol. The van der Waals surface area contributed by atoms with Crippen molar-refractivity contribution in [3.63, 3.8) is 0 Å². The quantitative estimate of drug-likeness (QED) is 0.488. The van der Waals surface area contributed by atoms with E-state index in [1.54, 1.807) is 19.1 Å². The highest BCUT2D eigenvalue weighted by Gasteiger charge is 2.17. The molecule has 6 nitrogen and oxygen atoms in total. The standard InChI is InChI=1S/C13H12ClN3O3/c1-3-9-12(14)15-7-16-13(9)20-11-6-4-5-10(8(11)2)17(18)19/h4-7H,3H2,1-2H3. The fourth-order valence-electron chi connectivity index (χ4n) is 1.78. The third-order valence-electron chi connectivity index (χ3n) is 2.87. The molecule has 0 aliphatic rings. The highest BCUT2D eigenvalue weighted by atomic mass is 35.5. The van der Waals surface area contributed by atoms with Crippen molar-refractivity contribution in [3.8, 4) is 11.6 Å². The van der Waals surface area contributed by atoms with E-state index < -0.39 is 4.92 Å². The van der Waals surface area contributed by atoms with Gasteiger partial charge in [-0.3, -0.25) is 10.1 Å². The van der Waals surface area contributed by atoms with Gasteiger partial charge in [0, 0.05) is 6.07 Å².